The highest BCUT2D eigenvalue weighted by atomic mass is 79.9. The molecule has 0 saturated carbocycles. The van der Waals surface area contributed by atoms with Gasteiger partial charge >= 0.3 is 5.97 Å². The van der Waals surface area contributed by atoms with E-state index in [0.717, 1.165) is 10.0 Å². The number of hydrogen-bond donors (Lipinski definition) is 0. The summed E-state index contributed by atoms with van der Waals surface area (Å²) in [6.07, 6.45) is 0. The molecule has 2 aromatic carbocycles. The highest BCUT2D eigenvalue weighted by Crippen LogP contribution is 2.45. The van der Waals surface area contributed by atoms with Gasteiger partial charge in [0.2, 0.25) is 0 Å². The third-order valence-electron chi connectivity index (χ3n) is 4.43. The van der Waals surface area contributed by atoms with Crippen molar-refractivity contribution in [3.05, 3.63) is 56.1 Å². The predicted octanol–water partition coefficient (Wildman–Crippen LogP) is 5.69. The fraction of sp³-hybridized carbons (Fsp3) is 0.200. The Balaban J connectivity index is 2.00. The summed E-state index contributed by atoms with van der Waals surface area (Å²) in [6, 6.07) is 8.74. The summed E-state index contributed by atoms with van der Waals surface area (Å²) in [7, 11) is 1.58. The summed E-state index contributed by atoms with van der Waals surface area (Å²) in [4.78, 5) is 12.5. The molecule has 0 bridgehead atoms. The standard InChI is InChI=1S/C20H15BrCl2N2O4/c1-3-28-20(26)18-14-9-29-16-8-17(27-2)15(21)7-13(16)19(14)25(24-18)12-5-10(22)4-11(23)6-12/h4-8H,3,9H2,1-2H3. The van der Waals surface area contributed by atoms with Crippen LogP contribution >= 0.6 is 39.1 Å². The number of methoxy groups -OCH3 is 1. The number of carbonyl (C=O) groups is 1. The maximum Gasteiger partial charge on any atom is 0.359 e. The van der Waals surface area contributed by atoms with Crippen molar-refractivity contribution in [1.82, 2.24) is 9.78 Å². The van der Waals surface area contributed by atoms with Gasteiger partial charge in [0.15, 0.2) is 5.69 Å². The predicted molar refractivity (Wildman–Crippen MR) is 114 cm³/mol. The Labute approximate surface area is 185 Å². The minimum atomic E-state index is -0.518. The summed E-state index contributed by atoms with van der Waals surface area (Å²) in [6.45, 7) is 2.15. The molecule has 0 saturated heterocycles. The van der Waals surface area contributed by atoms with E-state index in [4.69, 9.17) is 37.4 Å². The molecule has 0 N–H and O–H groups in total. The van der Waals surface area contributed by atoms with E-state index in [1.165, 1.54) is 0 Å². The Hall–Kier alpha value is -2.22. The second-order valence-corrected chi connectivity index (χ2v) is 7.93. The fourth-order valence-corrected chi connectivity index (χ4v) is 4.24. The van der Waals surface area contributed by atoms with Gasteiger partial charge in [-0.2, -0.15) is 5.10 Å². The molecular weight excluding hydrogens is 483 g/mol. The first-order chi connectivity index (χ1) is 13.9. The highest BCUT2D eigenvalue weighted by Gasteiger charge is 2.31. The van der Waals surface area contributed by atoms with Gasteiger partial charge in [-0.3, -0.25) is 0 Å². The molecule has 0 amide bonds. The van der Waals surface area contributed by atoms with Crippen LogP contribution in [0.4, 0.5) is 0 Å². The molecule has 9 heteroatoms. The first-order valence-corrected chi connectivity index (χ1v) is 10.2. The molecular formula is C20H15BrCl2N2O4. The van der Waals surface area contributed by atoms with Crippen molar-refractivity contribution in [3.8, 4) is 28.4 Å². The van der Waals surface area contributed by atoms with Gasteiger partial charge in [-0.1, -0.05) is 23.2 Å². The van der Waals surface area contributed by atoms with Crippen LogP contribution in [-0.4, -0.2) is 29.5 Å². The molecule has 0 radical (unpaired) electrons. The molecule has 150 valence electrons. The summed E-state index contributed by atoms with van der Waals surface area (Å²) in [5.74, 6) is 0.729. The summed E-state index contributed by atoms with van der Waals surface area (Å²) in [5, 5.41) is 5.44. The van der Waals surface area contributed by atoms with E-state index in [9.17, 15) is 4.79 Å². The summed E-state index contributed by atoms with van der Waals surface area (Å²) < 4.78 is 18.8. The van der Waals surface area contributed by atoms with Crippen molar-refractivity contribution >= 4 is 45.1 Å². The molecule has 6 nitrogen and oxygen atoms in total. The second-order valence-electron chi connectivity index (χ2n) is 6.21. The molecule has 0 fully saturated rings. The number of esters is 1. The average Bonchev–Trinajstić information content (AvgIpc) is 3.07. The number of fused-ring (bicyclic) bond motifs is 3. The lowest BCUT2D eigenvalue weighted by atomic mass is 10.0. The molecule has 2 heterocycles. The maximum absolute atomic E-state index is 12.5. The number of hydrogen-bond acceptors (Lipinski definition) is 5. The maximum atomic E-state index is 12.5. The Bertz CT molecular complexity index is 1110. The van der Waals surface area contributed by atoms with E-state index < -0.39 is 5.97 Å². The van der Waals surface area contributed by atoms with Crippen LogP contribution in [-0.2, 0) is 11.3 Å². The van der Waals surface area contributed by atoms with Crippen LogP contribution < -0.4 is 9.47 Å². The van der Waals surface area contributed by atoms with Crippen LogP contribution in [0.25, 0.3) is 16.9 Å². The van der Waals surface area contributed by atoms with Gasteiger partial charge in [0.05, 0.1) is 35.1 Å². The number of ether oxygens (including phenoxy) is 3. The van der Waals surface area contributed by atoms with Crippen LogP contribution in [0.1, 0.15) is 23.0 Å². The normalized spacial score (nSPS) is 12.0. The van der Waals surface area contributed by atoms with Gasteiger partial charge in [-0.15, -0.1) is 0 Å². The number of nitrogens with zero attached hydrogens (tertiary/aromatic N) is 2. The molecule has 29 heavy (non-hydrogen) atoms. The first kappa shape index (κ1) is 20.1. The lowest BCUT2D eigenvalue weighted by Gasteiger charge is -2.21. The summed E-state index contributed by atoms with van der Waals surface area (Å²) >= 11 is 15.9. The minimum Gasteiger partial charge on any atom is -0.495 e. The van der Waals surface area contributed by atoms with Crippen LogP contribution in [0, 0.1) is 0 Å². The minimum absolute atomic E-state index is 0.162. The van der Waals surface area contributed by atoms with E-state index in [0.29, 0.717) is 38.5 Å². The van der Waals surface area contributed by atoms with Crippen molar-refractivity contribution in [2.24, 2.45) is 0 Å². The Kier molecular flexibility index (Phi) is 5.46. The monoisotopic (exact) mass is 496 g/mol. The Morgan fingerprint density at radius 1 is 1.24 bits per heavy atom. The van der Waals surface area contributed by atoms with E-state index in [1.807, 2.05) is 6.07 Å². The number of rotatable bonds is 4. The Morgan fingerprint density at radius 2 is 1.97 bits per heavy atom. The molecule has 0 aliphatic carbocycles. The largest absolute Gasteiger partial charge is 0.495 e. The van der Waals surface area contributed by atoms with Crippen molar-refractivity contribution in [2.75, 3.05) is 13.7 Å². The zero-order valence-corrected chi connectivity index (χ0v) is 18.6. The van der Waals surface area contributed by atoms with Crippen LogP contribution in [0.5, 0.6) is 11.5 Å². The number of aromatic nitrogens is 2. The molecule has 1 aliphatic heterocycles. The van der Waals surface area contributed by atoms with E-state index >= 15 is 0 Å². The van der Waals surface area contributed by atoms with Gasteiger partial charge in [0, 0.05) is 21.7 Å². The zero-order chi connectivity index (χ0) is 20.7. The Morgan fingerprint density at radius 3 is 2.62 bits per heavy atom. The van der Waals surface area contributed by atoms with Crippen LogP contribution in [0.2, 0.25) is 10.0 Å². The topological polar surface area (TPSA) is 62.6 Å². The lowest BCUT2D eigenvalue weighted by Crippen LogP contribution is -2.12. The van der Waals surface area contributed by atoms with Crippen molar-refractivity contribution < 1.29 is 19.0 Å². The number of carbonyl (C=O) groups excluding carboxylic acids is 1. The first-order valence-electron chi connectivity index (χ1n) is 8.69. The lowest BCUT2D eigenvalue weighted by molar-refractivity contribution is 0.0516. The SMILES string of the molecule is CCOC(=O)c1nn(-c2cc(Cl)cc(Cl)c2)c2c1COc1cc(OC)c(Br)cc1-2. The van der Waals surface area contributed by atoms with E-state index in [1.54, 1.807) is 43.0 Å². The fourth-order valence-electron chi connectivity index (χ4n) is 3.22. The average molecular weight is 498 g/mol. The van der Waals surface area contributed by atoms with Gasteiger partial charge in [0.1, 0.15) is 18.1 Å². The smallest absolute Gasteiger partial charge is 0.359 e. The van der Waals surface area contributed by atoms with Crippen molar-refractivity contribution in [3.63, 3.8) is 0 Å². The molecule has 0 atom stereocenters. The number of halogens is 3. The third-order valence-corrected chi connectivity index (χ3v) is 5.48. The molecule has 1 aromatic heterocycles. The molecule has 0 spiro atoms. The third kappa shape index (κ3) is 3.58. The van der Waals surface area contributed by atoms with Crippen molar-refractivity contribution in [2.45, 2.75) is 13.5 Å². The molecule has 3 aromatic rings. The van der Waals surface area contributed by atoms with Gasteiger partial charge in [-0.05, 0) is 47.1 Å². The zero-order valence-electron chi connectivity index (χ0n) is 15.5. The van der Waals surface area contributed by atoms with Crippen LogP contribution in [0.3, 0.4) is 0 Å². The summed E-state index contributed by atoms with van der Waals surface area (Å²) in [5.41, 5.74) is 2.89. The second kappa shape index (κ2) is 7.89. The highest BCUT2D eigenvalue weighted by molar-refractivity contribution is 9.10. The van der Waals surface area contributed by atoms with Gasteiger partial charge < -0.3 is 14.2 Å². The van der Waals surface area contributed by atoms with Crippen LogP contribution in [0.15, 0.2) is 34.8 Å². The van der Waals surface area contributed by atoms with Gasteiger partial charge in [-0.25, -0.2) is 9.48 Å². The number of benzene rings is 2. The van der Waals surface area contributed by atoms with E-state index in [-0.39, 0.29) is 18.9 Å². The molecule has 4 rings (SSSR count). The molecule has 0 unspecified atom stereocenters. The molecule has 1 aliphatic rings. The quantitative estimate of drug-likeness (QED) is 0.433. The van der Waals surface area contributed by atoms with Crippen molar-refractivity contribution in [1.29, 1.82) is 0 Å². The van der Waals surface area contributed by atoms with E-state index in [2.05, 4.69) is 21.0 Å². The van der Waals surface area contributed by atoms with Gasteiger partial charge in [0.25, 0.3) is 0 Å².